The molecule has 0 aliphatic heterocycles. The van der Waals surface area contributed by atoms with Gasteiger partial charge in [0.2, 0.25) is 0 Å². The molecule has 0 aliphatic carbocycles. The fraction of sp³-hybridized carbons (Fsp3) is 0.591. The summed E-state index contributed by atoms with van der Waals surface area (Å²) in [5, 5.41) is 0. The quantitative estimate of drug-likeness (QED) is 0.190. The molecule has 0 atom stereocenters. The number of hydrogen-bond donors (Lipinski definition) is 0. The van der Waals surface area contributed by atoms with Gasteiger partial charge < -0.3 is 0 Å². The van der Waals surface area contributed by atoms with E-state index in [1.807, 2.05) is 30.3 Å². The second-order valence-electron chi connectivity index (χ2n) is 7.10. The summed E-state index contributed by atoms with van der Waals surface area (Å²) in [5.41, 5.74) is 1.04. The first-order valence-electron chi connectivity index (χ1n) is 10.1. The maximum atomic E-state index is 12.2. The van der Waals surface area contributed by atoms with Crippen LogP contribution in [0.5, 0.6) is 0 Å². The van der Waals surface area contributed by atoms with Crippen molar-refractivity contribution in [3.63, 3.8) is 0 Å². The third-order valence-electron chi connectivity index (χ3n) is 4.88. The van der Waals surface area contributed by atoms with Crippen LogP contribution in [0.1, 0.15) is 64.9 Å². The second kappa shape index (κ2) is 13.4. The Morgan fingerprint density at radius 3 is 1.92 bits per heavy atom. The van der Waals surface area contributed by atoms with Crippen LogP contribution in [0.2, 0.25) is 13.3 Å². The van der Waals surface area contributed by atoms with Crippen LogP contribution >= 0.6 is 0 Å². The van der Waals surface area contributed by atoms with Gasteiger partial charge in [-0.05, 0) is 0 Å². The number of hydrogen-bond acceptors (Lipinski definition) is 2. The van der Waals surface area contributed by atoms with Crippen molar-refractivity contribution < 1.29 is 9.53 Å². The van der Waals surface area contributed by atoms with E-state index in [-0.39, 0.29) is 5.97 Å². The second-order valence-corrected chi connectivity index (χ2v) is 20.1. The molecule has 0 fully saturated rings. The summed E-state index contributed by atoms with van der Waals surface area (Å²) >= 11 is -2.37. The number of carbonyl (C=O) groups excluding carboxylic acids is 1. The summed E-state index contributed by atoms with van der Waals surface area (Å²) in [7, 11) is 0. The maximum absolute atomic E-state index is 12.2. The van der Waals surface area contributed by atoms with Crippen LogP contribution in [-0.2, 0) is 16.1 Å². The van der Waals surface area contributed by atoms with E-state index in [0.717, 1.165) is 5.56 Å². The number of benzene rings is 1. The third-order valence-corrected chi connectivity index (χ3v) is 18.9. The van der Waals surface area contributed by atoms with Gasteiger partial charge in [-0.3, -0.25) is 0 Å². The topological polar surface area (TPSA) is 26.3 Å². The molecule has 0 bridgehead atoms. The molecule has 0 heterocycles. The fourth-order valence-corrected chi connectivity index (χ4v) is 17.3. The van der Waals surface area contributed by atoms with Crippen molar-refractivity contribution in [3.05, 3.63) is 46.1 Å². The molecule has 2 nitrogen and oxygen atoms in total. The molecule has 0 saturated carbocycles. The molecule has 0 radical (unpaired) electrons. The number of rotatable bonds is 13. The molecular formula is C22H36O2Sn. The summed E-state index contributed by atoms with van der Waals surface area (Å²) in [6.45, 7) is 7.18. The predicted octanol–water partition coefficient (Wildman–Crippen LogP) is 6.67. The molecule has 0 unspecified atom stereocenters. The summed E-state index contributed by atoms with van der Waals surface area (Å²) in [4.78, 5) is 12.2. The van der Waals surface area contributed by atoms with Gasteiger partial charge in [-0.25, -0.2) is 0 Å². The van der Waals surface area contributed by atoms with Gasteiger partial charge in [0.15, 0.2) is 0 Å². The first-order chi connectivity index (χ1) is 12.2. The average molecular weight is 451 g/mol. The van der Waals surface area contributed by atoms with Gasteiger partial charge >= 0.3 is 159 Å². The van der Waals surface area contributed by atoms with Gasteiger partial charge in [0.25, 0.3) is 0 Å². The normalized spacial score (nSPS) is 11.8. The average Bonchev–Trinajstić information content (AvgIpc) is 2.66. The number of ether oxygens (including phenoxy) is 1. The first kappa shape index (κ1) is 22.3. The van der Waals surface area contributed by atoms with E-state index in [1.165, 1.54) is 51.8 Å². The van der Waals surface area contributed by atoms with Gasteiger partial charge in [0, 0.05) is 0 Å². The van der Waals surface area contributed by atoms with Gasteiger partial charge in [0.05, 0.1) is 0 Å². The number of esters is 1. The molecule has 0 saturated heterocycles. The zero-order valence-electron chi connectivity index (χ0n) is 16.4. The molecule has 1 aromatic carbocycles. The zero-order valence-corrected chi connectivity index (χ0v) is 19.3. The Hall–Kier alpha value is -0.771. The van der Waals surface area contributed by atoms with Crippen molar-refractivity contribution in [2.45, 2.75) is 79.2 Å². The number of carbonyl (C=O) groups is 1. The third kappa shape index (κ3) is 9.48. The Morgan fingerprint density at radius 2 is 1.44 bits per heavy atom. The molecule has 1 aromatic rings. The molecular weight excluding hydrogens is 415 g/mol. The van der Waals surface area contributed by atoms with Crippen LogP contribution in [-0.4, -0.2) is 24.3 Å². The summed E-state index contributed by atoms with van der Waals surface area (Å²) in [6, 6.07) is 9.90. The predicted molar refractivity (Wildman–Crippen MR) is 110 cm³/mol. The Kier molecular flexibility index (Phi) is 12.0. The van der Waals surface area contributed by atoms with Crippen LogP contribution in [0.4, 0.5) is 0 Å². The van der Waals surface area contributed by atoms with Gasteiger partial charge in [-0.2, -0.15) is 0 Å². The molecule has 0 N–H and O–H groups in total. The van der Waals surface area contributed by atoms with Crippen molar-refractivity contribution in [3.8, 4) is 0 Å². The zero-order chi connectivity index (χ0) is 18.4. The van der Waals surface area contributed by atoms with Crippen molar-refractivity contribution in [2.75, 3.05) is 0 Å². The van der Waals surface area contributed by atoms with E-state index < -0.39 is 18.4 Å². The molecule has 140 valence electrons. The van der Waals surface area contributed by atoms with E-state index in [2.05, 4.69) is 24.9 Å². The Bertz CT molecular complexity index is 474. The van der Waals surface area contributed by atoms with Crippen LogP contribution < -0.4 is 0 Å². The molecule has 0 amide bonds. The molecule has 0 spiro atoms. The van der Waals surface area contributed by atoms with Crippen LogP contribution in [0.15, 0.2) is 40.5 Å². The first-order valence-corrected chi connectivity index (χ1v) is 17.8. The van der Waals surface area contributed by atoms with E-state index in [0.29, 0.717) is 6.61 Å². The molecule has 0 aromatic heterocycles. The van der Waals surface area contributed by atoms with Crippen molar-refractivity contribution in [1.82, 2.24) is 0 Å². The van der Waals surface area contributed by atoms with Crippen molar-refractivity contribution >= 4 is 24.3 Å². The van der Waals surface area contributed by atoms with E-state index in [1.54, 1.807) is 6.08 Å². The Labute approximate surface area is 158 Å². The van der Waals surface area contributed by atoms with Gasteiger partial charge in [-0.15, -0.1) is 0 Å². The van der Waals surface area contributed by atoms with Gasteiger partial charge in [-0.1, -0.05) is 0 Å². The molecule has 1 rings (SSSR count). The van der Waals surface area contributed by atoms with E-state index in [4.69, 9.17) is 4.74 Å². The monoisotopic (exact) mass is 452 g/mol. The minimum absolute atomic E-state index is 0.172. The minimum atomic E-state index is -2.37. The SMILES string of the molecule is CCC[CH2][Sn](/[CH]=C/C(=O)OCc1ccccc1)([CH2]CCC)[CH2]CCC. The van der Waals surface area contributed by atoms with Crippen LogP contribution in [0.3, 0.4) is 0 Å². The molecule has 0 aliphatic rings. The molecule has 25 heavy (non-hydrogen) atoms. The summed E-state index contributed by atoms with van der Waals surface area (Å²) in [6.07, 6.45) is 9.47. The van der Waals surface area contributed by atoms with Gasteiger partial charge in [0.1, 0.15) is 0 Å². The van der Waals surface area contributed by atoms with Crippen molar-refractivity contribution in [2.24, 2.45) is 0 Å². The van der Waals surface area contributed by atoms with Crippen molar-refractivity contribution in [1.29, 1.82) is 0 Å². The van der Waals surface area contributed by atoms with E-state index >= 15 is 0 Å². The van der Waals surface area contributed by atoms with Crippen LogP contribution in [0.25, 0.3) is 0 Å². The van der Waals surface area contributed by atoms with Crippen LogP contribution in [0, 0.1) is 0 Å². The standard InChI is InChI=1S/C10H9O2.3C4H9.Sn/c1-2-10(11)12-8-9-6-4-3-5-7-9;3*1-3-4-2;/h1-7H,8H2;3*1,3-4H2,2H3;. The summed E-state index contributed by atoms with van der Waals surface area (Å²) in [5.74, 6) is -0.172. The molecule has 3 heteroatoms. The Balaban J connectivity index is 2.70. The fourth-order valence-electron chi connectivity index (χ4n) is 3.23. The summed E-state index contributed by atoms with van der Waals surface area (Å²) < 4.78 is 12.0. The van der Waals surface area contributed by atoms with E-state index in [9.17, 15) is 4.79 Å². The Morgan fingerprint density at radius 1 is 0.920 bits per heavy atom. The number of unbranched alkanes of at least 4 members (excludes halogenated alkanes) is 3.